The number of carbonyl (C=O) groups is 1. The van der Waals surface area contributed by atoms with Crippen molar-refractivity contribution in [2.24, 2.45) is 0 Å². The Bertz CT molecular complexity index is 369. The Morgan fingerprint density at radius 3 is 2.72 bits per heavy atom. The van der Waals surface area contributed by atoms with Gasteiger partial charge in [-0.05, 0) is 25.5 Å². The third-order valence-electron chi connectivity index (χ3n) is 2.82. The summed E-state index contributed by atoms with van der Waals surface area (Å²) in [6.45, 7) is 5.64. The molecule has 1 unspecified atom stereocenters. The molecule has 0 aliphatic heterocycles. The van der Waals surface area contributed by atoms with Gasteiger partial charge in [-0.2, -0.15) is 0 Å². The van der Waals surface area contributed by atoms with Crippen molar-refractivity contribution < 1.29 is 4.79 Å². The van der Waals surface area contributed by atoms with E-state index in [1.807, 2.05) is 7.05 Å². The summed E-state index contributed by atoms with van der Waals surface area (Å²) in [6, 6.07) is 8.42. The van der Waals surface area contributed by atoms with Crippen molar-refractivity contribution in [3.8, 4) is 0 Å². The molecule has 0 saturated carbocycles. The largest absolute Gasteiger partial charge is 0.355 e. The molecule has 0 aliphatic carbocycles. The number of halogens is 1. The first-order valence-electron chi connectivity index (χ1n) is 6.11. The molecule has 1 atom stereocenters. The molecule has 0 saturated heterocycles. The SMILES string of the molecule is CNCCC(=O)NCC(C)c1cccc(C)c1.Cl. The summed E-state index contributed by atoms with van der Waals surface area (Å²) in [4.78, 5) is 11.5. The van der Waals surface area contributed by atoms with Crippen LogP contribution in [0.25, 0.3) is 0 Å². The predicted molar refractivity (Wildman–Crippen MR) is 78.4 cm³/mol. The van der Waals surface area contributed by atoms with Crippen LogP contribution in [0.4, 0.5) is 0 Å². The summed E-state index contributed by atoms with van der Waals surface area (Å²) in [6.07, 6.45) is 0.539. The van der Waals surface area contributed by atoms with E-state index in [-0.39, 0.29) is 18.3 Å². The van der Waals surface area contributed by atoms with Gasteiger partial charge in [0.25, 0.3) is 0 Å². The van der Waals surface area contributed by atoms with E-state index in [0.717, 1.165) is 6.54 Å². The van der Waals surface area contributed by atoms with E-state index < -0.39 is 0 Å². The average Bonchev–Trinajstić information content (AvgIpc) is 2.33. The van der Waals surface area contributed by atoms with E-state index in [2.05, 4.69) is 48.7 Å². The van der Waals surface area contributed by atoms with Crippen molar-refractivity contribution in [3.05, 3.63) is 35.4 Å². The number of nitrogens with one attached hydrogen (secondary N) is 2. The van der Waals surface area contributed by atoms with Crippen molar-refractivity contribution in [1.29, 1.82) is 0 Å². The van der Waals surface area contributed by atoms with E-state index in [1.54, 1.807) is 0 Å². The molecule has 1 aromatic rings. The highest BCUT2D eigenvalue weighted by Crippen LogP contribution is 2.15. The van der Waals surface area contributed by atoms with Gasteiger partial charge in [0.2, 0.25) is 5.91 Å². The highest BCUT2D eigenvalue weighted by Gasteiger charge is 2.07. The van der Waals surface area contributed by atoms with Gasteiger partial charge in [-0.1, -0.05) is 36.8 Å². The minimum Gasteiger partial charge on any atom is -0.355 e. The molecule has 0 heterocycles. The van der Waals surface area contributed by atoms with Gasteiger partial charge in [0, 0.05) is 19.5 Å². The summed E-state index contributed by atoms with van der Waals surface area (Å²) in [5, 5.41) is 5.92. The summed E-state index contributed by atoms with van der Waals surface area (Å²) >= 11 is 0. The predicted octanol–water partition coefficient (Wildman–Crippen LogP) is 2.25. The Morgan fingerprint density at radius 1 is 1.39 bits per heavy atom. The Balaban J connectivity index is 0.00000289. The molecule has 102 valence electrons. The van der Waals surface area contributed by atoms with Gasteiger partial charge in [-0.15, -0.1) is 12.4 Å². The number of carbonyl (C=O) groups excluding carboxylic acids is 1. The van der Waals surface area contributed by atoms with Crippen LogP contribution in [0.3, 0.4) is 0 Å². The maximum Gasteiger partial charge on any atom is 0.221 e. The molecule has 2 N–H and O–H groups in total. The Morgan fingerprint density at radius 2 is 2.11 bits per heavy atom. The topological polar surface area (TPSA) is 41.1 Å². The molecule has 0 fully saturated rings. The summed E-state index contributed by atoms with van der Waals surface area (Å²) in [7, 11) is 1.85. The van der Waals surface area contributed by atoms with Gasteiger partial charge in [-0.25, -0.2) is 0 Å². The van der Waals surface area contributed by atoms with Crippen molar-refractivity contribution in [2.45, 2.75) is 26.2 Å². The van der Waals surface area contributed by atoms with E-state index in [4.69, 9.17) is 0 Å². The van der Waals surface area contributed by atoms with Crippen LogP contribution in [-0.4, -0.2) is 26.0 Å². The smallest absolute Gasteiger partial charge is 0.221 e. The molecule has 3 nitrogen and oxygen atoms in total. The second-order valence-electron chi connectivity index (χ2n) is 4.47. The quantitative estimate of drug-likeness (QED) is 0.832. The minimum absolute atomic E-state index is 0. The highest BCUT2D eigenvalue weighted by molar-refractivity contribution is 5.85. The summed E-state index contributed by atoms with van der Waals surface area (Å²) < 4.78 is 0. The highest BCUT2D eigenvalue weighted by atomic mass is 35.5. The Kier molecular flexibility index (Phi) is 8.42. The van der Waals surface area contributed by atoms with Crippen LogP contribution in [0.15, 0.2) is 24.3 Å². The van der Waals surface area contributed by atoms with E-state index >= 15 is 0 Å². The third kappa shape index (κ3) is 6.03. The van der Waals surface area contributed by atoms with Gasteiger partial charge in [0.1, 0.15) is 0 Å². The molecule has 18 heavy (non-hydrogen) atoms. The van der Waals surface area contributed by atoms with E-state index in [1.165, 1.54) is 11.1 Å². The van der Waals surface area contributed by atoms with Crippen molar-refractivity contribution in [2.75, 3.05) is 20.1 Å². The normalized spacial score (nSPS) is 11.5. The minimum atomic E-state index is 0. The van der Waals surface area contributed by atoms with Crippen LogP contribution in [0.5, 0.6) is 0 Å². The van der Waals surface area contributed by atoms with Gasteiger partial charge < -0.3 is 10.6 Å². The molecule has 4 heteroatoms. The zero-order chi connectivity index (χ0) is 12.7. The zero-order valence-electron chi connectivity index (χ0n) is 11.3. The lowest BCUT2D eigenvalue weighted by atomic mass is 9.99. The summed E-state index contributed by atoms with van der Waals surface area (Å²) in [5.41, 5.74) is 2.54. The first-order valence-corrected chi connectivity index (χ1v) is 6.11. The number of amides is 1. The van der Waals surface area contributed by atoms with E-state index in [9.17, 15) is 4.79 Å². The average molecular weight is 271 g/mol. The lowest BCUT2D eigenvalue weighted by Crippen LogP contribution is -2.29. The molecule has 0 aromatic heterocycles. The number of hydrogen-bond acceptors (Lipinski definition) is 2. The second kappa shape index (κ2) is 8.95. The van der Waals surface area contributed by atoms with Crippen molar-refractivity contribution in [1.82, 2.24) is 10.6 Å². The van der Waals surface area contributed by atoms with Gasteiger partial charge >= 0.3 is 0 Å². The third-order valence-corrected chi connectivity index (χ3v) is 2.82. The van der Waals surface area contributed by atoms with Crippen molar-refractivity contribution in [3.63, 3.8) is 0 Å². The number of rotatable bonds is 6. The molecule has 0 bridgehead atoms. The second-order valence-corrected chi connectivity index (χ2v) is 4.47. The molecule has 1 amide bonds. The van der Waals surface area contributed by atoms with Crippen LogP contribution in [0.2, 0.25) is 0 Å². The molecule has 1 aromatic carbocycles. The van der Waals surface area contributed by atoms with Crippen LogP contribution in [0.1, 0.15) is 30.4 Å². The van der Waals surface area contributed by atoms with Gasteiger partial charge in [0.05, 0.1) is 0 Å². The van der Waals surface area contributed by atoms with Crippen LogP contribution >= 0.6 is 12.4 Å². The Labute approximate surface area is 116 Å². The Hall–Kier alpha value is -1.06. The monoisotopic (exact) mass is 270 g/mol. The lowest BCUT2D eigenvalue weighted by molar-refractivity contribution is -0.121. The van der Waals surface area contributed by atoms with Gasteiger partial charge in [0.15, 0.2) is 0 Å². The number of hydrogen-bond donors (Lipinski definition) is 2. The fourth-order valence-corrected chi connectivity index (χ4v) is 1.69. The van der Waals surface area contributed by atoms with Crippen LogP contribution < -0.4 is 10.6 Å². The zero-order valence-corrected chi connectivity index (χ0v) is 12.1. The van der Waals surface area contributed by atoms with Crippen molar-refractivity contribution >= 4 is 18.3 Å². The molecular formula is C14H23ClN2O. The first kappa shape index (κ1) is 16.9. The molecule has 0 spiro atoms. The number of aryl methyl sites for hydroxylation is 1. The fraction of sp³-hybridized carbons (Fsp3) is 0.500. The maximum absolute atomic E-state index is 11.5. The first-order chi connectivity index (χ1) is 8.13. The maximum atomic E-state index is 11.5. The van der Waals surface area contributed by atoms with E-state index in [0.29, 0.717) is 18.9 Å². The van der Waals surface area contributed by atoms with Gasteiger partial charge in [-0.3, -0.25) is 4.79 Å². The number of benzene rings is 1. The molecule has 1 rings (SSSR count). The summed E-state index contributed by atoms with van der Waals surface area (Å²) in [5.74, 6) is 0.465. The molecular weight excluding hydrogens is 248 g/mol. The molecule has 0 radical (unpaired) electrons. The van der Waals surface area contributed by atoms with Crippen LogP contribution in [0, 0.1) is 6.92 Å². The fourth-order valence-electron chi connectivity index (χ4n) is 1.69. The lowest BCUT2D eigenvalue weighted by Gasteiger charge is -2.13. The van der Waals surface area contributed by atoms with Crippen LogP contribution in [-0.2, 0) is 4.79 Å². The standard InChI is InChI=1S/C14H22N2O.ClH/c1-11-5-4-6-13(9-11)12(2)10-16-14(17)7-8-15-3;/h4-6,9,12,15H,7-8,10H2,1-3H3,(H,16,17);1H. The molecule has 0 aliphatic rings.